The Bertz CT molecular complexity index is 617. The van der Waals surface area contributed by atoms with Crippen molar-refractivity contribution in [2.45, 2.75) is 12.5 Å². The van der Waals surface area contributed by atoms with Crippen LogP contribution in [0.4, 0.5) is 8.78 Å². The number of aliphatic hydroxyl groups excluding tert-OH is 1. The number of ether oxygens (including phenoxy) is 1. The van der Waals surface area contributed by atoms with Crippen LogP contribution in [-0.2, 0) is 6.42 Å². The van der Waals surface area contributed by atoms with Crippen molar-refractivity contribution in [1.82, 2.24) is 0 Å². The van der Waals surface area contributed by atoms with E-state index in [9.17, 15) is 13.9 Å². The predicted octanol–water partition coefficient (Wildman–Crippen LogP) is 3.90. The summed E-state index contributed by atoms with van der Waals surface area (Å²) in [5.41, 5.74) is 0.579. The summed E-state index contributed by atoms with van der Waals surface area (Å²) in [6.45, 7) is 0. The van der Waals surface area contributed by atoms with Gasteiger partial charge in [-0.3, -0.25) is 0 Å². The van der Waals surface area contributed by atoms with Gasteiger partial charge in [-0.2, -0.15) is 0 Å². The van der Waals surface area contributed by atoms with Crippen molar-refractivity contribution in [1.29, 1.82) is 0 Å². The lowest BCUT2D eigenvalue weighted by molar-refractivity contribution is 0.172. The minimum absolute atomic E-state index is 0.0540. The first-order valence-corrected chi connectivity index (χ1v) is 6.34. The Balaban J connectivity index is 2.28. The molecule has 0 spiro atoms. The third kappa shape index (κ3) is 3.26. The van der Waals surface area contributed by atoms with E-state index in [4.69, 9.17) is 16.3 Å². The Morgan fingerprint density at radius 3 is 2.65 bits per heavy atom. The van der Waals surface area contributed by atoms with Gasteiger partial charge in [-0.05, 0) is 35.9 Å². The van der Waals surface area contributed by atoms with Gasteiger partial charge in [0.2, 0.25) is 0 Å². The van der Waals surface area contributed by atoms with Gasteiger partial charge in [0.15, 0.2) is 0 Å². The van der Waals surface area contributed by atoms with Crippen LogP contribution >= 0.6 is 11.6 Å². The number of hydrogen-bond donors (Lipinski definition) is 1. The first-order chi connectivity index (χ1) is 9.51. The van der Waals surface area contributed by atoms with Crippen LogP contribution in [0.3, 0.4) is 0 Å². The fourth-order valence-electron chi connectivity index (χ4n) is 1.98. The smallest absolute Gasteiger partial charge is 0.126 e. The van der Waals surface area contributed by atoms with Crippen LogP contribution in [0.5, 0.6) is 5.75 Å². The molecule has 2 aromatic carbocycles. The monoisotopic (exact) mass is 298 g/mol. The molecule has 2 rings (SSSR count). The van der Waals surface area contributed by atoms with Gasteiger partial charge < -0.3 is 9.84 Å². The Kier molecular flexibility index (Phi) is 4.57. The third-order valence-corrected chi connectivity index (χ3v) is 3.21. The molecule has 0 aliphatic carbocycles. The maximum Gasteiger partial charge on any atom is 0.126 e. The molecule has 0 saturated carbocycles. The maximum absolute atomic E-state index is 13.6. The van der Waals surface area contributed by atoms with E-state index in [2.05, 4.69) is 0 Å². The van der Waals surface area contributed by atoms with Crippen molar-refractivity contribution < 1.29 is 18.6 Å². The normalized spacial score (nSPS) is 12.2. The van der Waals surface area contributed by atoms with E-state index in [0.29, 0.717) is 16.3 Å². The van der Waals surface area contributed by atoms with Gasteiger partial charge in [-0.1, -0.05) is 17.7 Å². The molecule has 1 atom stereocenters. The van der Waals surface area contributed by atoms with E-state index in [1.807, 2.05) is 0 Å². The fraction of sp³-hybridized carbons (Fsp3) is 0.200. The molecule has 106 valence electrons. The molecule has 0 fully saturated rings. The quantitative estimate of drug-likeness (QED) is 0.927. The molecule has 1 unspecified atom stereocenters. The minimum Gasteiger partial charge on any atom is -0.496 e. The molecule has 2 nitrogen and oxygen atoms in total. The lowest BCUT2D eigenvalue weighted by Crippen LogP contribution is -2.06. The lowest BCUT2D eigenvalue weighted by Gasteiger charge is -2.15. The van der Waals surface area contributed by atoms with Crippen LogP contribution in [0.1, 0.15) is 17.2 Å². The second-order valence-corrected chi connectivity index (χ2v) is 4.78. The van der Waals surface area contributed by atoms with Crippen molar-refractivity contribution in [2.24, 2.45) is 0 Å². The highest BCUT2D eigenvalue weighted by molar-refractivity contribution is 6.30. The molecule has 0 aromatic heterocycles. The van der Waals surface area contributed by atoms with Gasteiger partial charge >= 0.3 is 0 Å². The summed E-state index contributed by atoms with van der Waals surface area (Å²) in [5.74, 6) is -0.697. The van der Waals surface area contributed by atoms with Gasteiger partial charge in [0.1, 0.15) is 17.4 Å². The zero-order valence-corrected chi connectivity index (χ0v) is 11.5. The molecule has 5 heteroatoms. The Labute approximate surface area is 120 Å². The van der Waals surface area contributed by atoms with E-state index in [-0.39, 0.29) is 12.0 Å². The first kappa shape index (κ1) is 14.8. The summed E-state index contributed by atoms with van der Waals surface area (Å²) in [4.78, 5) is 0. The van der Waals surface area contributed by atoms with Crippen molar-refractivity contribution >= 4 is 11.6 Å². The van der Waals surface area contributed by atoms with Gasteiger partial charge in [-0.15, -0.1) is 0 Å². The highest BCUT2D eigenvalue weighted by Gasteiger charge is 2.16. The molecule has 0 aliphatic heterocycles. The average molecular weight is 299 g/mol. The number of hydrogen-bond acceptors (Lipinski definition) is 2. The summed E-state index contributed by atoms with van der Waals surface area (Å²) in [7, 11) is 1.45. The topological polar surface area (TPSA) is 29.5 Å². The molecule has 0 amide bonds. The van der Waals surface area contributed by atoms with Crippen molar-refractivity contribution in [3.63, 3.8) is 0 Å². The number of benzene rings is 2. The molecule has 1 N–H and O–H groups in total. The van der Waals surface area contributed by atoms with Gasteiger partial charge in [0, 0.05) is 17.0 Å². The molecule has 20 heavy (non-hydrogen) atoms. The molecule has 0 heterocycles. The molecular formula is C15H13ClF2O2. The zero-order chi connectivity index (χ0) is 14.7. The molecular weight excluding hydrogens is 286 g/mol. The van der Waals surface area contributed by atoms with Gasteiger partial charge in [-0.25, -0.2) is 8.78 Å². The summed E-state index contributed by atoms with van der Waals surface area (Å²) in [6.07, 6.45) is -1.07. The maximum atomic E-state index is 13.6. The summed E-state index contributed by atoms with van der Waals surface area (Å²) >= 11 is 5.84. The predicted molar refractivity (Wildman–Crippen MR) is 73.0 cm³/mol. The van der Waals surface area contributed by atoms with Gasteiger partial charge in [0.05, 0.1) is 13.2 Å². The van der Waals surface area contributed by atoms with Crippen LogP contribution in [0.25, 0.3) is 0 Å². The van der Waals surface area contributed by atoms with Crippen LogP contribution in [0.2, 0.25) is 5.02 Å². The van der Waals surface area contributed by atoms with E-state index in [1.54, 1.807) is 18.2 Å². The SMILES string of the molecule is COc1cc(Cl)ccc1C(O)Cc1cc(F)ccc1F. The van der Waals surface area contributed by atoms with Crippen molar-refractivity contribution in [3.8, 4) is 5.75 Å². The van der Waals surface area contributed by atoms with Crippen molar-refractivity contribution in [3.05, 3.63) is 64.2 Å². The Morgan fingerprint density at radius 1 is 1.20 bits per heavy atom. The van der Waals surface area contributed by atoms with E-state index < -0.39 is 17.7 Å². The lowest BCUT2D eigenvalue weighted by atomic mass is 10.00. The van der Waals surface area contributed by atoms with Gasteiger partial charge in [0.25, 0.3) is 0 Å². The summed E-state index contributed by atoms with van der Waals surface area (Å²) in [5, 5.41) is 10.6. The highest BCUT2D eigenvalue weighted by Crippen LogP contribution is 2.30. The average Bonchev–Trinajstić information content (AvgIpc) is 2.42. The Morgan fingerprint density at radius 2 is 1.95 bits per heavy atom. The largest absolute Gasteiger partial charge is 0.496 e. The van der Waals surface area contributed by atoms with Crippen LogP contribution in [0, 0.1) is 11.6 Å². The number of halogens is 3. The first-order valence-electron chi connectivity index (χ1n) is 5.96. The molecule has 0 aliphatic rings. The zero-order valence-electron chi connectivity index (χ0n) is 10.7. The fourth-order valence-corrected chi connectivity index (χ4v) is 2.14. The highest BCUT2D eigenvalue weighted by atomic mass is 35.5. The van der Waals surface area contributed by atoms with Crippen LogP contribution < -0.4 is 4.74 Å². The molecule has 0 bridgehead atoms. The molecule has 0 saturated heterocycles. The second kappa shape index (κ2) is 6.20. The summed E-state index contributed by atoms with van der Waals surface area (Å²) in [6, 6.07) is 7.90. The summed E-state index contributed by atoms with van der Waals surface area (Å²) < 4.78 is 31.8. The molecule has 2 aromatic rings. The Hall–Kier alpha value is -1.65. The van der Waals surface area contributed by atoms with E-state index in [0.717, 1.165) is 18.2 Å². The van der Waals surface area contributed by atoms with Crippen molar-refractivity contribution in [2.75, 3.05) is 7.11 Å². The third-order valence-electron chi connectivity index (χ3n) is 2.98. The standard InChI is InChI=1S/C15H13ClF2O2/c1-20-15-8-10(16)2-4-12(15)14(19)7-9-6-11(17)3-5-13(9)18/h2-6,8,14,19H,7H2,1H3. The van der Waals surface area contributed by atoms with E-state index in [1.165, 1.54) is 7.11 Å². The number of methoxy groups -OCH3 is 1. The van der Waals surface area contributed by atoms with Crippen LogP contribution in [-0.4, -0.2) is 12.2 Å². The van der Waals surface area contributed by atoms with Crippen LogP contribution in [0.15, 0.2) is 36.4 Å². The second-order valence-electron chi connectivity index (χ2n) is 4.34. The number of aliphatic hydroxyl groups is 1. The minimum atomic E-state index is -1.02. The number of rotatable bonds is 4. The molecule has 0 radical (unpaired) electrons. The van der Waals surface area contributed by atoms with E-state index >= 15 is 0 Å².